The van der Waals surface area contributed by atoms with Crippen LogP contribution in [0.25, 0.3) is 22.3 Å². The third-order valence-electron chi connectivity index (χ3n) is 6.57. The van der Waals surface area contributed by atoms with Gasteiger partial charge in [-0.05, 0) is 108 Å². The standard InChI is InChI=1S/C34H24F2O6/c1-20-17-23(24-8-15-31(29(35)18-24)41-33(38)21-3-10-26(37)11-4-21)7-14-28(20)25-9-16-32(30(36)19-25)42-34(39)22-5-12-27(40-2)13-6-22/h3-19,37H,1-2H3. The van der Waals surface area contributed by atoms with Gasteiger partial charge in [-0.1, -0.05) is 30.3 Å². The number of phenols is 1. The maximum absolute atomic E-state index is 14.9. The summed E-state index contributed by atoms with van der Waals surface area (Å²) in [6, 6.07) is 25.7. The number of halogens is 2. The summed E-state index contributed by atoms with van der Waals surface area (Å²) in [5.74, 6) is -2.71. The van der Waals surface area contributed by atoms with E-state index in [1.54, 1.807) is 36.4 Å². The Morgan fingerprint density at radius 3 is 1.62 bits per heavy atom. The molecule has 0 atom stereocenters. The van der Waals surface area contributed by atoms with Gasteiger partial charge in [-0.3, -0.25) is 0 Å². The Morgan fingerprint density at radius 2 is 1.10 bits per heavy atom. The number of carbonyl (C=O) groups excluding carboxylic acids is 2. The van der Waals surface area contributed by atoms with Crippen molar-refractivity contribution in [3.63, 3.8) is 0 Å². The lowest BCUT2D eigenvalue weighted by atomic mass is 9.95. The van der Waals surface area contributed by atoms with Crippen molar-refractivity contribution in [2.24, 2.45) is 0 Å². The summed E-state index contributed by atoms with van der Waals surface area (Å²) in [7, 11) is 1.51. The number of carbonyl (C=O) groups is 2. The molecule has 6 nitrogen and oxygen atoms in total. The van der Waals surface area contributed by atoms with Gasteiger partial charge in [0.25, 0.3) is 0 Å². The summed E-state index contributed by atoms with van der Waals surface area (Å²) < 4.78 is 45.2. The van der Waals surface area contributed by atoms with Crippen LogP contribution >= 0.6 is 0 Å². The molecule has 0 unspecified atom stereocenters. The van der Waals surface area contributed by atoms with E-state index in [1.807, 2.05) is 13.0 Å². The van der Waals surface area contributed by atoms with E-state index in [9.17, 15) is 23.5 Å². The number of hydrogen-bond acceptors (Lipinski definition) is 6. The lowest BCUT2D eigenvalue weighted by Gasteiger charge is -2.12. The quantitative estimate of drug-likeness (QED) is 0.160. The van der Waals surface area contributed by atoms with Gasteiger partial charge in [0.05, 0.1) is 18.2 Å². The molecule has 42 heavy (non-hydrogen) atoms. The van der Waals surface area contributed by atoms with Crippen LogP contribution < -0.4 is 14.2 Å². The van der Waals surface area contributed by atoms with Crippen molar-refractivity contribution in [1.29, 1.82) is 0 Å². The van der Waals surface area contributed by atoms with E-state index in [1.165, 1.54) is 67.8 Å². The van der Waals surface area contributed by atoms with Crippen LogP contribution in [0.1, 0.15) is 26.3 Å². The molecule has 210 valence electrons. The molecule has 0 saturated carbocycles. The van der Waals surface area contributed by atoms with E-state index >= 15 is 0 Å². The summed E-state index contributed by atoms with van der Waals surface area (Å²) in [5, 5.41) is 9.36. The molecule has 0 aliphatic heterocycles. The predicted molar refractivity (Wildman–Crippen MR) is 153 cm³/mol. The predicted octanol–water partition coefficient (Wildman–Crippen LogP) is 7.76. The summed E-state index contributed by atoms with van der Waals surface area (Å²) in [6.45, 7) is 1.85. The van der Waals surface area contributed by atoms with Crippen molar-refractivity contribution in [2.45, 2.75) is 6.92 Å². The van der Waals surface area contributed by atoms with E-state index in [0.29, 0.717) is 22.4 Å². The van der Waals surface area contributed by atoms with E-state index in [-0.39, 0.29) is 28.4 Å². The Bertz CT molecular complexity index is 1780. The van der Waals surface area contributed by atoms with Crippen molar-refractivity contribution < 1.29 is 37.7 Å². The number of esters is 2. The first-order chi connectivity index (χ1) is 20.2. The van der Waals surface area contributed by atoms with Crippen molar-refractivity contribution in [2.75, 3.05) is 7.11 Å². The summed E-state index contributed by atoms with van der Waals surface area (Å²) >= 11 is 0. The zero-order valence-electron chi connectivity index (χ0n) is 22.6. The van der Waals surface area contributed by atoms with Crippen molar-refractivity contribution >= 4 is 11.9 Å². The van der Waals surface area contributed by atoms with Crippen LogP contribution in [-0.2, 0) is 0 Å². The fourth-order valence-electron chi connectivity index (χ4n) is 4.32. The van der Waals surface area contributed by atoms with Crippen LogP contribution in [0.5, 0.6) is 23.0 Å². The highest BCUT2D eigenvalue weighted by Gasteiger charge is 2.16. The zero-order valence-corrected chi connectivity index (χ0v) is 22.6. The zero-order chi connectivity index (χ0) is 29.8. The number of phenolic OH excluding ortho intramolecular Hbond substituents is 1. The molecule has 0 aliphatic carbocycles. The van der Waals surface area contributed by atoms with E-state index in [4.69, 9.17) is 14.2 Å². The minimum atomic E-state index is -0.754. The lowest BCUT2D eigenvalue weighted by molar-refractivity contribution is 0.0718. The maximum atomic E-state index is 14.9. The molecule has 5 rings (SSSR count). The van der Waals surface area contributed by atoms with Crippen LogP contribution in [0.3, 0.4) is 0 Å². The molecule has 8 heteroatoms. The van der Waals surface area contributed by atoms with E-state index in [2.05, 4.69) is 0 Å². The highest BCUT2D eigenvalue weighted by molar-refractivity contribution is 5.92. The Labute approximate surface area is 240 Å². The second-order valence-electron chi connectivity index (χ2n) is 9.37. The summed E-state index contributed by atoms with van der Waals surface area (Å²) in [4.78, 5) is 24.7. The average Bonchev–Trinajstić information content (AvgIpc) is 2.99. The van der Waals surface area contributed by atoms with Crippen molar-refractivity contribution in [3.8, 4) is 45.3 Å². The first-order valence-corrected chi connectivity index (χ1v) is 12.8. The third kappa shape index (κ3) is 6.13. The third-order valence-corrected chi connectivity index (χ3v) is 6.57. The van der Waals surface area contributed by atoms with Gasteiger partial charge in [0.2, 0.25) is 0 Å². The van der Waals surface area contributed by atoms with Crippen molar-refractivity contribution in [1.82, 2.24) is 0 Å². The Balaban J connectivity index is 1.30. The second kappa shape index (κ2) is 11.9. The smallest absolute Gasteiger partial charge is 0.343 e. The van der Waals surface area contributed by atoms with Crippen LogP contribution in [-0.4, -0.2) is 24.2 Å². The second-order valence-corrected chi connectivity index (χ2v) is 9.37. The Morgan fingerprint density at radius 1 is 0.619 bits per heavy atom. The molecule has 0 heterocycles. The van der Waals surface area contributed by atoms with E-state index < -0.39 is 23.6 Å². The van der Waals surface area contributed by atoms with Crippen molar-refractivity contribution in [3.05, 3.63) is 131 Å². The molecule has 0 amide bonds. The maximum Gasteiger partial charge on any atom is 0.343 e. The number of benzene rings is 5. The normalized spacial score (nSPS) is 10.7. The Hall–Kier alpha value is -5.50. The molecule has 5 aromatic rings. The minimum absolute atomic E-state index is 0.00295. The van der Waals surface area contributed by atoms with Crippen LogP contribution in [0.15, 0.2) is 103 Å². The van der Waals surface area contributed by atoms with Gasteiger partial charge in [-0.15, -0.1) is 0 Å². The lowest BCUT2D eigenvalue weighted by Crippen LogP contribution is -2.09. The number of methoxy groups -OCH3 is 1. The van der Waals surface area contributed by atoms with Gasteiger partial charge in [0.15, 0.2) is 23.1 Å². The first kappa shape index (κ1) is 28.0. The monoisotopic (exact) mass is 566 g/mol. The van der Waals surface area contributed by atoms with E-state index in [0.717, 1.165) is 11.1 Å². The van der Waals surface area contributed by atoms with Gasteiger partial charge < -0.3 is 19.3 Å². The molecular weight excluding hydrogens is 542 g/mol. The summed E-state index contributed by atoms with van der Waals surface area (Å²) in [6.07, 6.45) is 0. The molecule has 0 aromatic heterocycles. The highest BCUT2D eigenvalue weighted by atomic mass is 19.1. The SMILES string of the molecule is COc1ccc(C(=O)Oc2ccc(-c3ccc(-c4ccc(OC(=O)c5ccc(O)cc5)c(F)c4)cc3C)cc2F)cc1. The number of ether oxygens (including phenoxy) is 3. The van der Waals surface area contributed by atoms with Gasteiger partial charge >= 0.3 is 11.9 Å². The highest BCUT2D eigenvalue weighted by Crippen LogP contribution is 2.33. The number of aryl methyl sites for hydroxylation is 1. The molecule has 0 radical (unpaired) electrons. The summed E-state index contributed by atoms with van der Waals surface area (Å²) in [5.41, 5.74) is 3.80. The molecule has 0 bridgehead atoms. The number of rotatable bonds is 7. The fraction of sp³-hybridized carbons (Fsp3) is 0.0588. The van der Waals surface area contributed by atoms with Gasteiger partial charge in [-0.2, -0.15) is 0 Å². The Kier molecular flexibility index (Phi) is 7.97. The number of hydrogen-bond donors (Lipinski definition) is 1. The molecule has 0 fully saturated rings. The molecular formula is C34H24F2O6. The fourth-order valence-corrected chi connectivity index (χ4v) is 4.32. The molecule has 0 spiro atoms. The molecule has 0 aliphatic rings. The van der Waals surface area contributed by atoms with Crippen LogP contribution in [0, 0.1) is 18.6 Å². The van der Waals surface area contributed by atoms with Gasteiger partial charge in [-0.25, -0.2) is 18.4 Å². The first-order valence-electron chi connectivity index (χ1n) is 12.8. The topological polar surface area (TPSA) is 82.1 Å². The van der Waals surface area contributed by atoms with Crippen LogP contribution in [0.2, 0.25) is 0 Å². The average molecular weight is 567 g/mol. The van der Waals surface area contributed by atoms with Crippen LogP contribution in [0.4, 0.5) is 8.78 Å². The largest absolute Gasteiger partial charge is 0.508 e. The van der Waals surface area contributed by atoms with Gasteiger partial charge in [0, 0.05) is 0 Å². The minimum Gasteiger partial charge on any atom is -0.508 e. The molecule has 1 N–H and O–H groups in total. The molecule has 5 aromatic carbocycles. The van der Waals surface area contributed by atoms with Gasteiger partial charge in [0.1, 0.15) is 11.5 Å². The molecule has 0 saturated heterocycles. The number of aromatic hydroxyl groups is 1.